The van der Waals surface area contributed by atoms with Crippen molar-refractivity contribution in [3.63, 3.8) is 0 Å². The third kappa shape index (κ3) is 3.64. The topological polar surface area (TPSA) is 74.3 Å². The molecule has 3 aromatic rings. The number of carbonyl (C=O) groups is 1. The Bertz CT molecular complexity index is 1030. The van der Waals surface area contributed by atoms with Gasteiger partial charge in [-0.15, -0.1) is 0 Å². The van der Waals surface area contributed by atoms with E-state index in [0.29, 0.717) is 6.61 Å². The fourth-order valence-corrected chi connectivity index (χ4v) is 4.32. The van der Waals surface area contributed by atoms with Crippen molar-refractivity contribution in [1.82, 2.24) is 19.9 Å². The zero-order chi connectivity index (χ0) is 20.5. The second kappa shape index (κ2) is 7.73. The number of anilines is 1. The highest BCUT2D eigenvalue weighted by Crippen LogP contribution is 2.30. The summed E-state index contributed by atoms with van der Waals surface area (Å²) in [7, 11) is 0. The smallest absolute Gasteiger partial charge is 0.220 e. The van der Waals surface area contributed by atoms with Gasteiger partial charge in [0, 0.05) is 50.7 Å². The van der Waals surface area contributed by atoms with Crippen LogP contribution in [0.25, 0.3) is 22.3 Å². The van der Waals surface area contributed by atoms with Crippen molar-refractivity contribution in [2.75, 3.05) is 24.6 Å². The average molecular weight is 396 g/mol. The van der Waals surface area contributed by atoms with Gasteiger partial charge in [-0.25, -0.2) is 9.97 Å². The first-order chi connectivity index (χ1) is 14.0. The van der Waals surface area contributed by atoms with Gasteiger partial charge < -0.3 is 19.5 Å². The lowest BCUT2D eigenvalue weighted by Crippen LogP contribution is -2.58. The summed E-state index contributed by atoms with van der Waals surface area (Å²) in [5.41, 5.74) is 2.70. The Labute approximate surface area is 172 Å². The van der Waals surface area contributed by atoms with Crippen LogP contribution in [-0.2, 0) is 4.79 Å². The lowest BCUT2D eigenvalue weighted by Gasteiger charge is -2.44. The average Bonchev–Trinajstić information content (AvgIpc) is 3.11. The van der Waals surface area contributed by atoms with Crippen LogP contribution in [0.1, 0.15) is 29.1 Å². The van der Waals surface area contributed by atoms with Gasteiger partial charge in [-0.05, 0) is 39.0 Å². The number of aromatic nitrogens is 3. The van der Waals surface area contributed by atoms with Gasteiger partial charge in [-0.3, -0.25) is 4.79 Å². The minimum Gasteiger partial charge on any atom is -0.492 e. The van der Waals surface area contributed by atoms with Crippen LogP contribution in [-0.4, -0.2) is 57.5 Å². The number of aromatic amines is 1. The molecule has 1 fully saturated rings. The van der Waals surface area contributed by atoms with Gasteiger partial charge in [-0.1, -0.05) is 6.07 Å². The summed E-state index contributed by atoms with van der Waals surface area (Å²) < 4.78 is 5.61. The zero-order valence-corrected chi connectivity index (χ0v) is 17.3. The maximum absolute atomic E-state index is 11.9. The molecule has 0 saturated carbocycles. The summed E-state index contributed by atoms with van der Waals surface area (Å²) in [6.45, 7) is 9.92. The number of amides is 1. The molecule has 0 radical (unpaired) electrons. The molecule has 0 aromatic carbocycles. The highest BCUT2D eigenvalue weighted by atomic mass is 16.5. The van der Waals surface area contributed by atoms with Crippen molar-refractivity contribution >= 4 is 22.8 Å². The molecule has 154 valence electrons. The fourth-order valence-electron chi connectivity index (χ4n) is 4.32. The van der Waals surface area contributed by atoms with Crippen LogP contribution in [0.4, 0.5) is 5.82 Å². The maximum atomic E-state index is 11.9. The number of rotatable bonds is 4. The van der Waals surface area contributed by atoms with Crippen LogP contribution < -0.4 is 9.64 Å². The minimum atomic E-state index is 0. The molecule has 0 aliphatic carbocycles. The Balaban J connectivity index is 0.00000256. The van der Waals surface area contributed by atoms with E-state index in [4.69, 9.17) is 9.72 Å². The number of H-pyrrole nitrogens is 1. The van der Waals surface area contributed by atoms with Crippen LogP contribution in [0.3, 0.4) is 0 Å². The van der Waals surface area contributed by atoms with Gasteiger partial charge in [0.25, 0.3) is 0 Å². The number of piperazine rings is 1. The molecule has 7 heteroatoms. The third-order valence-electron chi connectivity index (χ3n) is 5.43. The van der Waals surface area contributed by atoms with Crippen molar-refractivity contribution < 1.29 is 11.0 Å². The van der Waals surface area contributed by atoms with Gasteiger partial charge in [-0.2, -0.15) is 0 Å². The van der Waals surface area contributed by atoms with E-state index in [1.165, 1.54) is 0 Å². The second-order valence-electron chi connectivity index (χ2n) is 7.61. The summed E-state index contributed by atoms with van der Waals surface area (Å²) in [5, 5.41) is 0.990. The van der Waals surface area contributed by atoms with E-state index in [9.17, 15) is 4.79 Å². The Morgan fingerprint density at radius 1 is 1.31 bits per heavy atom. The first-order valence-corrected chi connectivity index (χ1v) is 10.1. The van der Waals surface area contributed by atoms with E-state index < -0.39 is 0 Å². The van der Waals surface area contributed by atoms with Crippen molar-refractivity contribution in [3.8, 4) is 17.0 Å². The highest BCUT2D eigenvalue weighted by Gasteiger charge is 2.31. The van der Waals surface area contributed by atoms with Gasteiger partial charge >= 0.3 is 0 Å². The first-order valence-electron chi connectivity index (χ1n) is 10.1. The molecule has 0 bridgehead atoms. The van der Waals surface area contributed by atoms with E-state index in [2.05, 4.69) is 28.7 Å². The summed E-state index contributed by atoms with van der Waals surface area (Å²) in [6.07, 6.45) is 3.67. The quantitative estimate of drug-likeness (QED) is 0.729. The predicted molar refractivity (Wildman–Crippen MR) is 116 cm³/mol. The summed E-state index contributed by atoms with van der Waals surface area (Å²) in [5.74, 6) is 1.80. The molecule has 1 aliphatic rings. The van der Waals surface area contributed by atoms with Gasteiger partial charge in [0.2, 0.25) is 5.91 Å². The number of fused-ring (bicyclic) bond motifs is 1. The first kappa shape index (κ1) is 19.2. The van der Waals surface area contributed by atoms with Gasteiger partial charge in [0.15, 0.2) is 0 Å². The van der Waals surface area contributed by atoms with Crippen LogP contribution in [0.15, 0.2) is 36.7 Å². The summed E-state index contributed by atoms with van der Waals surface area (Å²) in [4.78, 5) is 28.8. The molecule has 0 spiro atoms. The van der Waals surface area contributed by atoms with Gasteiger partial charge in [0.1, 0.15) is 17.2 Å². The van der Waals surface area contributed by atoms with Gasteiger partial charge in [0.05, 0.1) is 18.5 Å². The van der Waals surface area contributed by atoms with Crippen molar-refractivity contribution in [2.24, 2.45) is 0 Å². The minimum absolute atomic E-state index is 0. The SMILES string of the molecule is CCOc1cnc2[nH]cc(-c3cccc(N4C[C@@H](C)N(C(C)=O)[C@@H](C)C4)n3)c2c1.[HH]. The Morgan fingerprint density at radius 3 is 2.76 bits per heavy atom. The number of nitrogens with zero attached hydrogens (tertiary/aromatic N) is 4. The maximum Gasteiger partial charge on any atom is 0.220 e. The summed E-state index contributed by atoms with van der Waals surface area (Å²) >= 11 is 0. The normalized spacial score (nSPS) is 19.6. The molecule has 1 saturated heterocycles. The Hall–Kier alpha value is -3.09. The molecular weight excluding hydrogens is 366 g/mol. The molecule has 3 aromatic heterocycles. The number of carbonyl (C=O) groups excluding carboxylic acids is 1. The number of pyridine rings is 2. The highest BCUT2D eigenvalue weighted by molar-refractivity contribution is 5.93. The predicted octanol–water partition coefficient (Wildman–Crippen LogP) is 3.72. The molecule has 0 unspecified atom stereocenters. The molecule has 4 heterocycles. The third-order valence-corrected chi connectivity index (χ3v) is 5.43. The molecule has 29 heavy (non-hydrogen) atoms. The van der Waals surface area contributed by atoms with Crippen molar-refractivity contribution in [2.45, 2.75) is 39.8 Å². The fraction of sp³-hybridized carbons (Fsp3) is 0.409. The Morgan fingerprint density at radius 2 is 2.07 bits per heavy atom. The van der Waals surface area contributed by atoms with Crippen molar-refractivity contribution in [1.29, 1.82) is 0 Å². The molecule has 4 rings (SSSR count). The summed E-state index contributed by atoms with van der Waals surface area (Å²) in [6, 6.07) is 8.37. The van der Waals surface area contributed by atoms with Crippen LogP contribution in [0.2, 0.25) is 0 Å². The molecule has 7 nitrogen and oxygen atoms in total. The van der Waals surface area contributed by atoms with E-state index in [-0.39, 0.29) is 19.4 Å². The Kier molecular flexibility index (Phi) is 5.13. The largest absolute Gasteiger partial charge is 0.492 e. The lowest BCUT2D eigenvalue weighted by atomic mass is 10.1. The number of hydrogen-bond acceptors (Lipinski definition) is 5. The molecule has 1 amide bonds. The molecule has 1 aliphatic heterocycles. The molecule has 2 atom stereocenters. The standard InChI is InChI=1S/C22H27N5O2.H2/c1-5-29-17-9-18-19(11-24-22(18)23-10-17)20-7-6-8-21(25-20)26-12-14(2)27(16(4)28)15(3)13-26;/h6-11,14-15H,5,12-13H2,1-4H3,(H,23,24);1H/t14-,15+;. The number of ether oxygens (including phenoxy) is 1. The van der Waals surface area contributed by atoms with E-state index in [0.717, 1.165) is 46.9 Å². The van der Waals surface area contributed by atoms with E-state index in [1.54, 1.807) is 13.1 Å². The number of nitrogens with one attached hydrogen (secondary N) is 1. The van der Waals surface area contributed by atoms with E-state index in [1.807, 2.05) is 42.3 Å². The zero-order valence-electron chi connectivity index (χ0n) is 17.3. The van der Waals surface area contributed by atoms with Crippen molar-refractivity contribution in [3.05, 3.63) is 36.7 Å². The van der Waals surface area contributed by atoms with Crippen LogP contribution in [0, 0.1) is 0 Å². The second-order valence-corrected chi connectivity index (χ2v) is 7.61. The van der Waals surface area contributed by atoms with Crippen LogP contribution in [0.5, 0.6) is 5.75 Å². The van der Waals surface area contributed by atoms with Crippen LogP contribution >= 0.6 is 0 Å². The molecule has 1 N–H and O–H groups in total. The monoisotopic (exact) mass is 395 g/mol. The number of hydrogen-bond donors (Lipinski definition) is 1. The van der Waals surface area contributed by atoms with E-state index >= 15 is 0 Å². The molecular formula is C22H29N5O2. The lowest BCUT2D eigenvalue weighted by molar-refractivity contribution is -0.133.